The van der Waals surface area contributed by atoms with Crippen LogP contribution in [0.2, 0.25) is 0 Å². The number of benzene rings is 1. The lowest BCUT2D eigenvalue weighted by Gasteiger charge is -2.06. The zero-order chi connectivity index (χ0) is 12.1. The van der Waals surface area contributed by atoms with Crippen LogP contribution in [0.25, 0.3) is 0 Å². The molecule has 0 bridgehead atoms. The van der Waals surface area contributed by atoms with Crippen molar-refractivity contribution in [2.75, 3.05) is 17.6 Å². The largest absolute Gasteiger partial charge is 0.384 e. The van der Waals surface area contributed by atoms with E-state index in [1.165, 1.54) is 6.07 Å². The molecule has 3 nitrogen and oxygen atoms in total. The second-order valence-corrected chi connectivity index (χ2v) is 3.78. The number of aromatic nitrogens is 1. The number of nitrogen functional groups attached to an aromatic ring is 1. The second kappa shape index (κ2) is 5.30. The van der Waals surface area contributed by atoms with Gasteiger partial charge in [-0.15, -0.1) is 0 Å². The van der Waals surface area contributed by atoms with Crippen LogP contribution in [0.5, 0.6) is 0 Å². The zero-order valence-corrected chi connectivity index (χ0v) is 9.36. The van der Waals surface area contributed by atoms with Crippen LogP contribution in [0.4, 0.5) is 15.9 Å². The van der Waals surface area contributed by atoms with Gasteiger partial charge in [-0.3, -0.25) is 0 Å². The summed E-state index contributed by atoms with van der Waals surface area (Å²) in [6.07, 6.45) is 2.45. The molecule has 2 rings (SSSR count). The Labute approximate surface area is 99.5 Å². The lowest BCUT2D eigenvalue weighted by atomic mass is 10.1. The van der Waals surface area contributed by atoms with E-state index in [0.717, 1.165) is 24.2 Å². The first-order chi connectivity index (χ1) is 8.24. The lowest BCUT2D eigenvalue weighted by Crippen LogP contribution is -2.05. The van der Waals surface area contributed by atoms with Crippen molar-refractivity contribution in [1.29, 1.82) is 0 Å². The summed E-state index contributed by atoms with van der Waals surface area (Å²) < 4.78 is 12.9. The van der Waals surface area contributed by atoms with Crippen LogP contribution >= 0.6 is 0 Å². The average molecular weight is 231 g/mol. The summed E-state index contributed by atoms with van der Waals surface area (Å²) >= 11 is 0. The highest BCUT2D eigenvalue weighted by Gasteiger charge is 1.96. The van der Waals surface area contributed by atoms with Gasteiger partial charge in [0.05, 0.1) is 11.9 Å². The molecule has 0 atom stereocenters. The van der Waals surface area contributed by atoms with Gasteiger partial charge in [-0.25, -0.2) is 9.37 Å². The van der Waals surface area contributed by atoms with E-state index in [-0.39, 0.29) is 5.82 Å². The van der Waals surface area contributed by atoms with Gasteiger partial charge in [0.1, 0.15) is 11.6 Å². The van der Waals surface area contributed by atoms with Crippen LogP contribution in [-0.4, -0.2) is 11.5 Å². The molecule has 0 amide bonds. The van der Waals surface area contributed by atoms with Crippen LogP contribution in [0.1, 0.15) is 5.56 Å². The van der Waals surface area contributed by atoms with E-state index >= 15 is 0 Å². The molecule has 0 aliphatic heterocycles. The molecule has 0 saturated carbocycles. The van der Waals surface area contributed by atoms with E-state index in [4.69, 9.17) is 5.73 Å². The lowest BCUT2D eigenvalue weighted by molar-refractivity contribution is 0.625. The first kappa shape index (κ1) is 11.4. The first-order valence-electron chi connectivity index (χ1n) is 5.44. The van der Waals surface area contributed by atoms with Crippen LogP contribution in [-0.2, 0) is 6.42 Å². The molecule has 3 N–H and O–H groups in total. The normalized spacial score (nSPS) is 10.2. The Morgan fingerprint density at radius 1 is 1.24 bits per heavy atom. The van der Waals surface area contributed by atoms with Crippen molar-refractivity contribution in [3.05, 3.63) is 54.0 Å². The average Bonchev–Trinajstić information content (AvgIpc) is 2.32. The number of nitrogens with two attached hydrogens (primary N) is 1. The molecule has 0 unspecified atom stereocenters. The van der Waals surface area contributed by atoms with E-state index in [1.807, 2.05) is 12.1 Å². The molecule has 0 saturated heterocycles. The molecule has 4 heteroatoms. The highest BCUT2D eigenvalue weighted by molar-refractivity contribution is 5.45. The van der Waals surface area contributed by atoms with Gasteiger partial charge < -0.3 is 11.1 Å². The number of halogens is 1. The van der Waals surface area contributed by atoms with E-state index in [2.05, 4.69) is 10.3 Å². The Balaban J connectivity index is 1.85. The molecule has 88 valence electrons. The summed E-state index contributed by atoms with van der Waals surface area (Å²) in [5.41, 5.74) is 7.37. The topological polar surface area (TPSA) is 50.9 Å². The van der Waals surface area contributed by atoms with Crippen molar-refractivity contribution in [3.63, 3.8) is 0 Å². The van der Waals surface area contributed by atoms with Crippen molar-refractivity contribution < 1.29 is 4.39 Å². The summed E-state index contributed by atoms with van der Waals surface area (Å²) in [5, 5.41) is 3.20. The number of rotatable bonds is 4. The van der Waals surface area contributed by atoms with Crippen molar-refractivity contribution in [1.82, 2.24) is 4.98 Å². The molecule has 0 aliphatic rings. The predicted octanol–water partition coefficient (Wildman–Crippen LogP) is 2.46. The minimum Gasteiger partial charge on any atom is -0.384 e. The minimum atomic E-state index is -0.198. The Hall–Kier alpha value is -2.10. The SMILES string of the molecule is Nc1ccc(NCCc2cccc(F)c2)cn1. The van der Waals surface area contributed by atoms with E-state index in [1.54, 1.807) is 24.4 Å². The fourth-order valence-electron chi connectivity index (χ4n) is 1.55. The number of hydrogen-bond acceptors (Lipinski definition) is 3. The minimum absolute atomic E-state index is 0.198. The highest BCUT2D eigenvalue weighted by Crippen LogP contribution is 2.08. The van der Waals surface area contributed by atoms with Gasteiger partial charge in [-0.1, -0.05) is 12.1 Å². The van der Waals surface area contributed by atoms with Crippen LogP contribution in [0, 0.1) is 5.82 Å². The van der Waals surface area contributed by atoms with Gasteiger partial charge in [0.15, 0.2) is 0 Å². The Bertz CT molecular complexity index is 482. The van der Waals surface area contributed by atoms with Crippen LogP contribution in [0.15, 0.2) is 42.6 Å². The Kier molecular flexibility index (Phi) is 3.55. The Morgan fingerprint density at radius 3 is 2.82 bits per heavy atom. The van der Waals surface area contributed by atoms with Crippen LogP contribution < -0.4 is 11.1 Å². The maximum absolute atomic E-state index is 12.9. The molecule has 0 aliphatic carbocycles. The van der Waals surface area contributed by atoms with Gasteiger partial charge >= 0.3 is 0 Å². The Morgan fingerprint density at radius 2 is 2.12 bits per heavy atom. The number of nitrogens with zero attached hydrogens (tertiary/aromatic N) is 1. The van der Waals surface area contributed by atoms with E-state index in [9.17, 15) is 4.39 Å². The third kappa shape index (κ3) is 3.45. The highest BCUT2D eigenvalue weighted by atomic mass is 19.1. The molecule has 0 spiro atoms. The van der Waals surface area contributed by atoms with Crippen molar-refractivity contribution in [2.45, 2.75) is 6.42 Å². The smallest absolute Gasteiger partial charge is 0.123 e. The number of nitrogens with one attached hydrogen (secondary N) is 1. The second-order valence-electron chi connectivity index (χ2n) is 3.78. The monoisotopic (exact) mass is 231 g/mol. The summed E-state index contributed by atoms with van der Waals surface area (Å²) in [7, 11) is 0. The third-order valence-electron chi connectivity index (χ3n) is 2.42. The zero-order valence-electron chi connectivity index (χ0n) is 9.36. The summed E-state index contributed by atoms with van der Waals surface area (Å²) in [5.74, 6) is 0.303. The number of hydrogen-bond donors (Lipinski definition) is 2. The third-order valence-corrected chi connectivity index (χ3v) is 2.42. The molecule has 1 heterocycles. The number of pyridine rings is 1. The maximum atomic E-state index is 12.9. The molecule has 17 heavy (non-hydrogen) atoms. The molecule has 1 aromatic carbocycles. The van der Waals surface area contributed by atoms with Crippen molar-refractivity contribution in [3.8, 4) is 0 Å². The number of anilines is 2. The van der Waals surface area contributed by atoms with Gasteiger partial charge in [-0.2, -0.15) is 0 Å². The van der Waals surface area contributed by atoms with Crippen molar-refractivity contribution in [2.24, 2.45) is 0 Å². The quantitative estimate of drug-likeness (QED) is 0.849. The van der Waals surface area contributed by atoms with Gasteiger partial charge in [0.25, 0.3) is 0 Å². The summed E-state index contributed by atoms with van der Waals surface area (Å²) in [6.45, 7) is 0.731. The van der Waals surface area contributed by atoms with Gasteiger partial charge in [0, 0.05) is 6.54 Å². The fraction of sp³-hybridized carbons (Fsp3) is 0.154. The summed E-state index contributed by atoms with van der Waals surface area (Å²) in [6, 6.07) is 10.2. The summed E-state index contributed by atoms with van der Waals surface area (Å²) in [4.78, 5) is 3.97. The molecule has 1 aromatic heterocycles. The van der Waals surface area contributed by atoms with E-state index in [0.29, 0.717) is 5.82 Å². The molecular weight excluding hydrogens is 217 g/mol. The molecule has 0 radical (unpaired) electrons. The van der Waals surface area contributed by atoms with Crippen molar-refractivity contribution >= 4 is 11.5 Å². The standard InChI is InChI=1S/C13H14FN3/c14-11-3-1-2-10(8-11)6-7-16-12-4-5-13(15)17-9-12/h1-5,8-9,16H,6-7H2,(H2,15,17). The maximum Gasteiger partial charge on any atom is 0.123 e. The first-order valence-corrected chi connectivity index (χ1v) is 5.44. The molecule has 0 fully saturated rings. The van der Waals surface area contributed by atoms with Crippen LogP contribution in [0.3, 0.4) is 0 Å². The molecule has 2 aromatic rings. The van der Waals surface area contributed by atoms with Gasteiger partial charge in [0.2, 0.25) is 0 Å². The molecular formula is C13H14FN3. The predicted molar refractivity (Wildman–Crippen MR) is 67.2 cm³/mol. The van der Waals surface area contributed by atoms with E-state index < -0.39 is 0 Å². The fourth-order valence-corrected chi connectivity index (χ4v) is 1.55. The van der Waals surface area contributed by atoms with Gasteiger partial charge in [-0.05, 0) is 36.2 Å².